The number of anilines is 1. The molecule has 0 aliphatic heterocycles. The zero-order valence-electron chi connectivity index (χ0n) is 8.27. The van der Waals surface area contributed by atoms with E-state index in [4.69, 9.17) is 0 Å². The van der Waals surface area contributed by atoms with E-state index >= 15 is 0 Å². The van der Waals surface area contributed by atoms with Crippen molar-refractivity contribution >= 4 is 11.7 Å². The number of rotatable bonds is 3. The highest BCUT2D eigenvalue weighted by molar-refractivity contribution is 5.90. The van der Waals surface area contributed by atoms with E-state index in [1.54, 1.807) is 6.07 Å². The first kappa shape index (κ1) is 11.0. The first-order valence-electron chi connectivity index (χ1n) is 4.86. The molecule has 0 radical (unpaired) electrons. The molecule has 1 aliphatic carbocycles. The number of H-pyrrole nitrogens is 1. The minimum Gasteiger partial charge on any atom is -0.309 e. The Morgan fingerprint density at radius 1 is 1.56 bits per heavy atom. The van der Waals surface area contributed by atoms with Crippen LogP contribution < -0.4 is 5.32 Å². The Bertz CT molecular complexity index is 395. The lowest BCUT2D eigenvalue weighted by molar-refractivity contribution is -0.150. The van der Waals surface area contributed by atoms with Crippen LogP contribution in [-0.2, 0) is 4.79 Å². The van der Waals surface area contributed by atoms with Crippen molar-refractivity contribution in [1.29, 1.82) is 0 Å². The third-order valence-corrected chi connectivity index (χ3v) is 2.24. The van der Waals surface area contributed by atoms with Gasteiger partial charge in [-0.1, -0.05) is 0 Å². The van der Waals surface area contributed by atoms with E-state index in [9.17, 15) is 18.0 Å². The van der Waals surface area contributed by atoms with Crippen LogP contribution in [-0.4, -0.2) is 22.3 Å². The second-order valence-electron chi connectivity index (χ2n) is 3.82. The van der Waals surface area contributed by atoms with Gasteiger partial charge in [-0.15, -0.1) is 0 Å². The second-order valence-corrected chi connectivity index (χ2v) is 3.82. The van der Waals surface area contributed by atoms with Crippen LogP contribution in [0.3, 0.4) is 0 Å². The molecule has 1 aromatic heterocycles. The number of alkyl halides is 3. The smallest absolute Gasteiger partial charge is 0.309 e. The third-order valence-electron chi connectivity index (χ3n) is 2.24. The Hall–Kier alpha value is -1.53. The minimum absolute atomic E-state index is 0.149. The zero-order chi connectivity index (χ0) is 11.8. The molecule has 16 heavy (non-hydrogen) atoms. The largest absolute Gasteiger partial charge is 0.397 e. The van der Waals surface area contributed by atoms with Crippen molar-refractivity contribution in [3.63, 3.8) is 0 Å². The lowest BCUT2D eigenvalue weighted by Gasteiger charge is -2.04. The molecule has 7 heteroatoms. The summed E-state index contributed by atoms with van der Waals surface area (Å²) in [6.45, 7) is 0. The van der Waals surface area contributed by atoms with E-state index in [0.717, 1.165) is 18.5 Å². The number of nitrogens with one attached hydrogen (secondary N) is 2. The van der Waals surface area contributed by atoms with E-state index in [1.807, 2.05) is 0 Å². The number of halogens is 3. The molecule has 88 valence electrons. The molecule has 2 rings (SSSR count). The molecule has 0 spiro atoms. The van der Waals surface area contributed by atoms with Gasteiger partial charge in [0.2, 0.25) is 5.91 Å². The summed E-state index contributed by atoms with van der Waals surface area (Å²) in [7, 11) is 0. The molecule has 1 amide bonds. The van der Waals surface area contributed by atoms with E-state index in [-0.39, 0.29) is 5.82 Å². The summed E-state index contributed by atoms with van der Waals surface area (Å²) in [4.78, 5) is 10.9. The minimum atomic E-state index is -4.49. The summed E-state index contributed by atoms with van der Waals surface area (Å²) in [6.07, 6.45) is -3.87. The number of hydrogen-bond donors (Lipinski definition) is 2. The highest BCUT2D eigenvalue weighted by atomic mass is 19.4. The quantitative estimate of drug-likeness (QED) is 0.840. The number of carbonyl (C=O) groups is 1. The highest BCUT2D eigenvalue weighted by Crippen LogP contribution is 2.39. The van der Waals surface area contributed by atoms with Crippen LogP contribution in [0.1, 0.15) is 30.9 Å². The van der Waals surface area contributed by atoms with E-state index in [0.29, 0.717) is 5.92 Å². The molecule has 1 heterocycles. The van der Waals surface area contributed by atoms with Crippen LogP contribution >= 0.6 is 0 Å². The Morgan fingerprint density at radius 3 is 2.81 bits per heavy atom. The fourth-order valence-electron chi connectivity index (χ4n) is 1.37. The summed E-state index contributed by atoms with van der Waals surface area (Å²) >= 11 is 0. The number of nitrogens with zero attached hydrogens (tertiary/aromatic N) is 1. The van der Waals surface area contributed by atoms with Gasteiger partial charge in [-0.2, -0.15) is 18.3 Å². The van der Waals surface area contributed by atoms with Gasteiger partial charge in [-0.25, -0.2) is 0 Å². The maximum Gasteiger partial charge on any atom is 0.397 e. The number of hydrogen-bond acceptors (Lipinski definition) is 2. The number of aromatic amines is 1. The second kappa shape index (κ2) is 3.80. The molecular weight excluding hydrogens is 223 g/mol. The average Bonchev–Trinajstić information content (AvgIpc) is 2.85. The van der Waals surface area contributed by atoms with Crippen molar-refractivity contribution in [2.45, 2.75) is 31.4 Å². The Labute approximate surface area is 89.2 Å². The summed E-state index contributed by atoms with van der Waals surface area (Å²) in [5.74, 6) is -0.529. The fraction of sp³-hybridized carbons (Fsp3) is 0.556. The number of amides is 1. The van der Waals surface area contributed by atoms with Crippen molar-refractivity contribution in [2.24, 2.45) is 0 Å². The predicted octanol–water partition coefficient (Wildman–Crippen LogP) is 2.18. The first-order chi connectivity index (χ1) is 7.44. The van der Waals surface area contributed by atoms with Crippen LogP contribution in [0.15, 0.2) is 6.07 Å². The lowest BCUT2D eigenvalue weighted by Crippen LogP contribution is -2.21. The normalized spacial score (nSPS) is 16.2. The van der Waals surface area contributed by atoms with Gasteiger partial charge in [0.25, 0.3) is 0 Å². The molecule has 0 unspecified atom stereocenters. The van der Waals surface area contributed by atoms with Crippen LogP contribution in [0.4, 0.5) is 19.0 Å². The van der Waals surface area contributed by atoms with Crippen molar-refractivity contribution < 1.29 is 18.0 Å². The SMILES string of the molecule is O=C(CC(F)(F)F)Nc1cc(C2CC2)[nH]n1. The molecule has 1 aliphatic rings. The van der Waals surface area contributed by atoms with Crippen molar-refractivity contribution in [1.82, 2.24) is 10.2 Å². The third kappa shape index (κ3) is 2.98. The van der Waals surface area contributed by atoms with Gasteiger partial charge in [-0.05, 0) is 12.8 Å². The summed E-state index contributed by atoms with van der Waals surface area (Å²) in [5.41, 5.74) is 0.863. The van der Waals surface area contributed by atoms with Crippen molar-refractivity contribution in [2.75, 3.05) is 5.32 Å². The van der Waals surface area contributed by atoms with Crippen molar-refractivity contribution in [3.8, 4) is 0 Å². The van der Waals surface area contributed by atoms with Gasteiger partial charge >= 0.3 is 6.18 Å². The number of carbonyl (C=O) groups excluding carboxylic acids is 1. The van der Waals surface area contributed by atoms with Crippen LogP contribution in [0.5, 0.6) is 0 Å². The van der Waals surface area contributed by atoms with Crippen LogP contribution in [0, 0.1) is 0 Å². The van der Waals surface area contributed by atoms with Gasteiger partial charge in [0.15, 0.2) is 5.82 Å². The summed E-state index contributed by atoms with van der Waals surface area (Å²) in [5, 5.41) is 8.51. The molecule has 0 bridgehead atoms. The molecule has 1 saturated carbocycles. The molecule has 4 nitrogen and oxygen atoms in total. The Morgan fingerprint density at radius 2 is 2.25 bits per heavy atom. The van der Waals surface area contributed by atoms with Crippen LogP contribution in [0.25, 0.3) is 0 Å². The highest BCUT2D eigenvalue weighted by Gasteiger charge is 2.31. The van der Waals surface area contributed by atoms with Gasteiger partial charge in [0.05, 0.1) is 0 Å². The maximum atomic E-state index is 11.9. The Balaban J connectivity index is 1.90. The molecule has 0 saturated heterocycles. The average molecular weight is 233 g/mol. The molecule has 0 aromatic carbocycles. The maximum absolute atomic E-state index is 11.9. The first-order valence-corrected chi connectivity index (χ1v) is 4.86. The van der Waals surface area contributed by atoms with Gasteiger partial charge < -0.3 is 5.32 Å². The number of aromatic nitrogens is 2. The molecule has 0 atom stereocenters. The molecule has 1 aromatic rings. The lowest BCUT2D eigenvalue weighted by atomic mass is 10.3. The summed E-state index contributed by atoms with van der Waals surface area (Å²) < 4.78 is 35.6. The van der Waals surface area contributed by atoms with Crippen molar-refractivity contribution in [3.05, 3.63) is 11.8 Å². The van der Waals surface area contributed by atoms with E-state index < -0.39 is 18.5 Å². The monoisotopic (exact) mass is 233 g/mol. The Kier molecular flexibility index (Phi) is 2.61. The van der Waals surface area contributed by atoms with Crippen LogP contribution in [0.2, 0.25) is 0 Å². The predicted molar refractivity (Wildman–Crippen MR) is 49.9 cm³/mol. The molecule has 2 N–H and O–H groups in total. The van der Waals surface area contributed by atoms with Gasteiger partial charge in [0.1, 0.15) is 6.42 Å². The van der Waals surface area contributed by atoms with Gasteiger partial charge in [-0.3, -0.25) is 9.89 Å². The zero-order valence-corrected chi connectivity index (χ0v) is 8.27. The topological polar surface area (TPSA) is 57.8 Å². The molecular formula is C9H10F3N3O. The molecule has 1 fully saturated rings. The van der Waals surface area contributed by atoms with E-state index in [2.05, 4.69) is 15.5 Å². The van der Waals surface area contributed by atoms with Gasteiger partial charge in [0, 0.05) is 17.7 Å². The summed E-state index contributed by atoms with van der Waals surface area (Å²) in [6, 6.07) is 1.58. The standard InChI is InChI=1S/C9H10F3N3O/c10-9(11,12)4-8(16)13-7-3-6(14-15-7)5-1-2-5/h3,5H,1-2,4H2,(H2,13,14,15,16). The van der Waals surface area contributed by atoms with E-state index in [1.165, 1.54) is 0 Å². The fourth-order valence-corrected chi connectivity index (χ4v) is 1.37.